The van der Waals surface area contributed by atoms with Crippen molar-refractivity contribution < 1.29 is 25.2 Å². The number of hydrogen-bond acceptors (Lipinski definition) is 5. The Morgan fingerprint density at radius 2 is 1.67 bits per heavy atom. The van der Waals surface area contributed by atoms with Crippen LogP contribution in [-0.4, -0.2) is 57.6 Å². The summed E-state index contributed by atoms with van der Waals surface area (Å²) >= 11 is 0. The minimum atomic E-state index is -1.24. The average Bonchev–Trinajstić information content (AvgIpc) is 2.08. The van der Waals surface area contributed by atoms with E-state index in [1.165, 1.54) is 0 Å². The third-order valence-corrected chi connectivity index (χ3v) is 2.13. The van der Waals surface area contributed by atoms with E-state index in [1.54, 1.807) is 6.92 Å². The van der Waals surface area contributed by atoms with Gasteiger partial charge < -0.3 is 25.2 Å². The third kappa shape index (κ3) is 1.60. The Morgan fingerprint density at radius 1 is 1.08 bits per heavy atom. The fourth-order valence-electron chi connectivity index (χ4n) is 1.29. The Balaban J connectivity index is 2.63. The highest BCUT2D eigenvalue weighted by Crippen LogP contribution is 2.20. The lowest BCUT2D eigenvalue weighted by Crippen LogP contribution is -2.57. The van der Waals surface area contributed by atoms with Crippen LogP contribution in [0.5, 0.6) is 0 Å². The first-order valence-electron chi connectivity index (χ1n) is 3.88. The number of ether oxygens (including phenoxy) is 1. The third-order valence-electron chi connectivity index (χ3n) is 2.13. The van der Waals surface area contributed by atoms with Crippen molar-refractivity contribution >= 4 is 0 Å². The van der Waals surface area contributed by atoms with Gasteiger partial charge in [0.2, 0.25) is 0 Å². The average molecular weight is 178 g/mol. The maximum absolute atomic E-state index is 9.23. The monoisotopic (exact) mass is 178 g/mol. The summed E-state index contributed by atoms with van der Waals surface area (Å²) in [5.74, 6) is 0. The number of aliphatic hydroxyl groups excluding tert-OH is 4. The molecule has 0 aromatic heterocycles. The first-order chi connectivity index (χ1) is 5.57. The highest BCUT2D eigenvalue weighted by atomic mass is 16.5. The molecule has 12 heavy (non-hydrogen) atoms. The van der Waals surface area contributed by atoms with Gasteiger partial charge >= 0.3 is 0 Å². The van der Waals surface area contributed by atoms with Crippen LogP contribution in [0.25, 0.3) is 0 Å². The van der Waals surface area contributed by atoms with E-state index in [0.29, 0.717) is 0 Å². The quantitative estimate of drug-likeness (QED) is 0.367. The van der Waals surface area contributed by atoms with Crippen LogP contribution >= 0.6 is 0 Å². The summed E-state index contributed by atoms with van der Waals surface area (Å²) in [6, 6.07) is 0. The van der Waals surface area contributed by atoms with Crippen LogP contribution in [0.4, 0.5) is 0 Å². The maximum Gasteiger partial charge on any atom is 0.111 e. The molecule has 5 nitrogen and oxygen atoms in total. The normalized spacial score (nSPS) is 49.2. The smallest absolute Gasteiger partial charge is 0.111 e. The first-order valence-corrected chi connectivity index (χ1v) is 3.88. The highest BCUT2D eigenvalue weighted by molar-refractivity contribution is 4.89. The van der Waals surface area contributed by atoms with E-state index >= 15 is 0 Å². The molecular formula is C7H14O5. The second kappa shape index (κ2) is 3.68. The molecule has 0 unspecified atom stereocenters. The van der Waals surface area contributed by atoms with E-state index in [4.69, 9.17) is 9.84 Å². The lowest BCUT2D eigenvalue weighted by atomic mass is 9.96. The van der Waals surface area contributed by atoms with Crippen molar-refractivity contribution in [1.29, 1.82) is 0 Å². The summed E-state index contributed by atoms with van der Waals surface area (Å²) in [5, 5.41) is 36.4. The molecule has 0 bridgehead atoms. The second-order valence-electron chi connectivity index (χ2n) is 3.03. The van der Waals surface area contributed by atoms with Gasteiger partial charge in [-0.1, -0.05) is 0 Å². The summed E-state index contributed by atoms with van der Waals surface area (Å²) in [4.78, 5) is 0. The van der Waals surface area contributed by atoms with Gasteiger partial charge in [-0.05, 0) is 6.92 Å². The Hall–Kier alpha value is -0.200. The van der Waals surface area contributed by atoms with Crippen LogP contribution in [0.15, 0.2) is 0 Å². The van der Waals surface area contributed by atoms with Crippen molar-refractivity contribution in [2.75, 3.05) is 6.61 Å². The molecule has 4 N–H and O–H groups in total. The van der Waals surface area contributed by atoms with E-state index in [-0.39, 0.29) is 6.61 Å². The first kappa shape index (κ1) is 9.88. The van der Waals surface area contributed by atoms with Gasteiger partial charge in [0, 0.05) is 0 Å². The summed E-state index contributed by atoms with van der Waals surface area (Å²) in [6.45, 7) is 1.21. The second-order valence-corrected chi connectivity index (χ2v) is 3.03. The topological polar surface area (TPSA) is 90.2 Å². The zero-order valence-electron chi connectivity index (χ0n) is 6.79. The van der Waals surface area contributed by atoms with Crippen LogP contribution in [0.3, 0.4) is 0 Å². The van der Waals surface area contributed by atoms with Gasteiger partial charge in [0.05, 0.1) is 12.7 Å². The molecule has 0 amide bonds. The minimum Gasteiger partial charge on any atom is -0.394 e. The van der Waals surface area contributed by atoms with Crippen LogP contribution < -0.4 is 0 Å². The van der Waals surface area contributed by atoms with E-state index in [1.807, 2.05) is 0 Å². The van der Waals surface area contributed by atoms with Gasteiger partial charge in [-0.25, -0.2) is 0 Å². The minimum absolute atomic E-state index is 0.366. The summed E-state index contributed by atoms with van der Waals surface area (Å²) in [6.07, 6.45) is -4.94. The van der Waals surface area contributed by atoms with E-state index in [2.05, 4.69) is 0 Å². The van der Waals surface area contributed by atoms with Gasteiger partial charge in [-0.15, -0.1) is 0 Å². The molecule has 5 heteroatoms. The Bertz CT molecular complexity index is 146. The van der Waals surface area contributed by atoms with E-state index in [9.17, 15) is 15.3 Å². The van der Waals surface area contributed by atoms with Crippen LogP contribution in [0.2, 0.25) is 0 Å². The van der Waals surface area contributed by atoms with Gasteiger partial charge in [0.15, 0.2) is 0 Å². The Labute approximate surface area is 70.2 Å². The lowest BCUT2D eigenvalue weighted by molar-refractivity contribution is -0.224. The van der Waals surface area contributed by atoms with Crippen LogP contribution in [0.1, 0.15) is 6.92 Å². The van der Waals surface area contributed by atoms with E-state index < -0.39 is 30.5 Å². The van der Waals surface area contributed by atoms with E-state index in [0.717, 1.165) is 0 Å². The molecule has 0 aliphatic carbocycles. The molecule has 1 fully saturated rings. The molecule has 0 radical (unpaired) electrons. The van der Waals surface area contributed by atoms with Crippen molar-refractivity contribution in [3.63, 3.8) is 0 Å². The molecule has 0 saturated carbocycles. The number of aliphatic hydroxyl groups is 4. The predicted octanol–water partition coefficient (Wildman–Crippen LogP) is -2.15. The zero-order valence-corrected chi connectivity index (χ0v) is 6.79. The molecule has 1 rings (SSSR count). The molecule has 1 heterocycles. The zero-order chi connectivity index (χ0) is 9.30. The van der Waals surface area contributed by atoms with Gasteiger partial charge in [-0.3, -0.25) is 0 Å². The molecule has 1 saturated heterocycles. The standard InChI is InChI=1S/C7H14O5/c1-3-5(9)7(11)6(10)4(2-8)12-3/h3-11H,2H2,1H3/t3-,4-,5-,6+,7+/m0/s1. The molecule has 1 aliphatic rings. The van der Waals surface area contributed by atoms with Crippen molar-refractivity contribution in [2.24, 2.45) is 0 Å². The molecular weight excluding hydrogens is 164 g/mol. The number of rotatable bonds is 1. The van der Waals surface area contributed by atoms with Crippen LogP contribution in [-0.2, 0) is 4.74 Å². The lowest BCUT2D eigenvalue weighted by Gasteiger charge is -2.38. The van der Waals surface area contributed by atoms with Crippen molar-refractivity contribution in [3.05, 3.63) is 0 Å². The molecule has 72 valence electrons. The number of hydrogen-bond donors (Lipinski definition) is 4. The van der Waals surface area contributed by atoms with Crippen molar-refractivity contribution in [2.45, 2.75) is 37.4 Å². The predicted molar refractivity (Wildman–Crippen MR) is 39.4 cm³/mol. The van der Waals surface area contributed by atoms with Crippen molar-refractivity contribution in [1.82, 2.24) is 0 Å². The van der Waals surface area contributed by atoms with Gasteiger partial charge in [-0.2, -0.15) is 0 Å². The Kier molecular flexibility index (Phi) is 3.03. The summed E-state index contributed by atoms with van der Waals surface area (Å²) in [7, 11) is 0. The molecule has 0 aromatic carbocycles. The largest absolute Gasteiger partial charge is 0.394 e. The summed E-state index contributed by atoms with van der Waals surface area (Å²) in [5.41, 5.74) is 0. The molecule has 0 spiro atoms. The van der Waals surface area contributed by atoms with Gasteiger partial charge in [0.1, 0.15) is 24.4 Å². The molecule has 1 aliphatic heterocycles. The molecule has 5 atom stereocenters. The fourth-order valence-corrected chi connectivity index (χ4v) is 1.29. The maximum atomic E-state index is 9.23. The fraction of sp³-hybridized carbons (Fsp3) is 1.00. The van der Waals surface area contributed by atoms with Crippen molar-refractivity contribution in [3.8, 4) is 0 Å². The van der Waals surface area contributed by atoms with Gasteiger partial charge in [0.25, 0.3) is 0 Å². The molecule has 0 aromatic rings. The summed E-state index contributed by atoms with van der Waals surface area (Å²) < 4.78 is 5.02. The van der Waals surface area contributed by atoms with Crippen LogP contribution in [0, 0.1) is 0 Å². The Morgan fingerprint density at radius 3 is 2.17 bits per heavy atom. The SMILES string of the molecule is C[C@@H]1O[C@@H](CO)[C@@H](O)[C@H](O)[C@H]1O. The highest BCUT2D eigenvalue weighted by Gasteiger charge is 2.41.